The van der Waals surface area contributed by atoms with E-state index in [-0.39, 0.29) is 0 Å². The smallest absolute Gasteiger partial charge is 0.151 e. The number of hydrogen-bond donors (Lipinski definition) is 1. The van der Waals surface area contributed by atoms with E-state index >= 15 is 0 Å². The largest absolute Gasteiger partial charge is 0.337 e. The molecule has 0 aromatic heterocycles. The van der Waals surface area contributed by atoms with Crippen LogP contribution in [0.5, 0.6) is 0 Å². The van der Waals surface area contributed by atoms with Crippen molar-refractivity contribution >= 4 is 18.3 Å². The van der Waals surface area contributed by atoms with Crippen LogP contribution in [0, 0.1) is 0 Å². The van der Waals surface area contributed by atoms with Gasteiger partial charge in [-0.05, 0) is 13.0 Å². The predicted molar refractivity (Wildman–Crippen MR) is 95.0 cm³/mol. The van der Waals surface area contributed by atoms with Crippen LogP contribution >= 0.6 is 0 Å². The van der Waals surface area contributed by atoms with Crippen molar-refractivity contribution in [1.82, 2.24) is 5.32 Å². The Kier molecular flexibility index (Phi) is 9.65. The van der Waals surface area contributed by atoms with Crippen LogP contribution in [0.4, 0.5) is 0 Å². The molecule has 0 aliphatic heterocycles. The predicted octanol–water partition coefficient (Wildman–Crippen LogP) is 3.61. The topological polar surface area (TPSA) is 49.1 Å². The molecule has 0 fully saturated rings. The van der Waals surface area contributed by atoms with E-state index in [1.807, 2.05) is 13.0 Å². The Hall–Kier alpha value is -2.75. The van der Waals surface area contributed by atoms with Crippen molar-refractivity contribution < 1.29 is 0 Å². The summed E-state index contributed by atoms with van der Waals surface area (Å²) in [6.07, 6.45) is 11.6. The van der Waals surface area contributed by atoms with E-state index in [4.69, 9.17) is 0 Å². The van der Waals surface area contributed by atoms with Crippen LogP contribution in [0.25, 0.3) is 0 Å². The van der Waals surface area contributed by atoms with Crippen molar-refractivity contribution in [2.24, 2.45) is 15.0 Å². The molecule has 0 bridgehead atoms. The summed E-state index contributed by atoms with van der Waals surface area (Å²) in [5.74, 6) is 0.587. The van der Waals surface area contributed by atoms with E-state index in [2.05, 4.69) is 46.6 Å². The Morgan fingerprint density at radius 1 is 0.952 bits per heavy atom. The summed E-state index contributed by atoms with van der Waals surface area (Å²) < 4.78 is 0. The summed E-state index contributed by atoms with van der Waals surface area (Å²) in [5, 5.41) is 3.10. The van der Waals surface area contributed by atoms with Gasteiger partial charge in [0.1, 0.15) is 5.70 Å². The maximum atomic E-state index is 4.24. The van der Waals surface area contributed by atoms with Gasteiger partial charge in [0.05, 0.1) is 11.4 Å². The lowest BCUT2D eigenvalue weighted by atomic mass is 10.3. The van der Waals surface area contributed by atoms with Gasteiger partial charge in [0.25, 0.3) is 0 Å². The molecule has 0 aromatic rings. The standard InChI is InChI=1S/C17H22N4/c1-7-11-16(20-13-9-3)14(5)21-17(18-6)15(10-4)19-12-8-2/h7-13H,1-3,5H2,4,6H3,(H,18,21)/b15-10-,16-11-,19-12?,20-13?. The minimum absolute atomic E-state index is 0.585. The van der Waals surface area contributed by atoms with Gasteiger partial charge in [0.2, 0.25) is 0 Å². The number of nitrogens with zero attached hydrogens (tertiary/aromatic N) is 3. The molecule has 0 saturated carbocycles. The number of allylic oxidation sites excluding steroid dienone is 5. The summed E-state index contributed by atoms with van der Waals surface area (Å²) in [7, 11) is 1.67. The first kappa shape index (κ1) is 18.2. The molecule has 4 heteroatoms. The zero-order valence-corrected chi connectivity index (χ0v) is 12.7. The normalized spacial score (nSPS) is 13.5. The quantitative estimate of drug-likeness (QED) is 0.413. The highest BCUT2D eigenvalue weighted by molar-refractivity contribution is 6.00. The van der Waals surface area contributed by atoms with E-state index in [0.717, 1.165) is 0 Å². The van der Waals surface area contributed by atoms with E-state index in [1.165, 1.54) is 0 Å². The molecule has 0 heterocycles. The van der Waals surface area contributed by atoms with Crippen molar-refractivity contribution in [2.75, 3.05) is 7.05 Å². The molecule has 0 spiro atoms. The van der Waals surface area contributed by atoms with Crippen molar-refractivity contribution in [3.05, 3.63) is 73.8 Å². The second-order valence-corrected chi connectivity index (χ2v) is 3.67. The van der Waals surface area contributed by atoms with Crippen molar-refractivity contribution in [1.29, 1.82) is 0 Å². The number of hydrogen-bond acceptors (Lipinski definition) is 3. The summed E-state index contributed by atoms with van der Waals surface area (Å²) >= 11 is 0. The first-order valence-corrected chi connectivity index (χ1v) is 6.37. The van der Waals surface area contributed by atoms with Gasteiger partial charge < -0.3 is 5.32 Å². The van der Waals surface area contributed by atoms with Gasteiger partial charge in [-0.25, -0.2) is 0 Å². The van der Waals surface area contributed by atoms with E-state index in [1.54, 1.807) is 43.8 Å². The Balaban J connectivity index is 5.25. The Morgan fingerprint density at radius 2 is 1.52 bits per heavy atom. The van der Waals surface area contributed by atoms with Gasteiger partial charge >= 0.3 is 0 Å². The molecule has 0 rings (SSSR count). The Labute approximate surface area is 127 Å². The van der Waals surface area contributed by atoms with Gasteiger partial charge in [0.15, 0.2) is 5.84 Å². The van der Waals surface area contributed by atoms with Gasteiger partial charge in [-0.3, -0.25) is 15.0 Å². The van der Waals surface area contributed by atoms with Crippen LogP contribution < -0.4 is 5.32 Å². The Morgan fingerprint density at radius 3 is 1.95 bits per heavy atom. The minimum Gasteiger partial charge on any atom is -0.337 e. The molecule has 0 aliphatic rings. The average Bonchev–Trinajstić information content (AvgIpc) is 2.50. The van der Waals surface area contributed by atoms with Crippen LogP contribution in [0.15, 0.2) is 88.8 Å². The fourth-order valence-electron chi connectivity index (χ4n) is 1.31. The van der Waals surface area contributed by atoms with Crippen LogP contribution in [-0.4, -0.2) is 25.3 Å². The average molecular weight is 282 g/mol. The maximum absolute atomic E-state index is 4.24. The molecule has 0 unspecified atom stereocenters. The van der Waals surface area contributed by atoms with Crippen LogP contribution in [-0.2, 0) is 0 Å². The van der Waals surface area contributed by atoms with Gasteiger partial charge in [-0.2, -0.15) is 0 Å². The number of nitrogens with one attached hydrogen (secondary N) is 1. The summed E-state index contributed by atoms with van der Waals surface area (Å²) in [6.45, 7) is 16.7. The van der Waals surface area contributed by atoms with E-state index in [0.29, 0.717) is 22.9 Å². The highest BCUT2D eigenvalue weighted by atomic mass is 15.0. The Bertz CT molecular complexity index is 543. The highest BCUT2D eigenvalue weighted by Crippen LogP contribution is 2.09. The third-order valence-electron chi connectivity index (χ3n) is 2.23. The van der Waals surface area contributed by atoms with Gasteiger partial charge in [0, 0.05) is 19.5 Å². The molecule has 1 N–H and O–H groups in total. The lowest BCUT2D eigenvalue weighted by Crippen LogP contribution is -2.24. The lowest BCUT2D eigenvalue weighted by molar-refractivity contribution is 1.09. The SMILES string of the molecule is C=CC=N/C(=C\C=C)C(=C)NC(=NC)/C(=C/C)N=CC=C. The monoisotopic (exact) mass is 282 g/mol. The molecular formula is C17H22N4. The summed E-state index contributed by atoms with van der Waals surface area (Å²) in [6, 6.07) is 0. The maximum Gasteiger partial charge on any atom is 0.151 e. The van der Waals surface area contributed by atoms with Crippen molar-refractivity contribution in [2.45, 2.75) is 6.92 Å². The third-order valence-corrected chi connectivity index (χ3v) is 2.23. The molecule has 0 atom stereocenters. The van der Waals surface area contributed by atoms with Crippen LogP contribution in [0.1, 0.15) is 6.92 Å². The minimum atomic E-state index is 0.585. The van der Waals surface area contributed by atoms with Crippen LogP contribution in [0.3, 0.4) is 0 Å². The van der Waals surface area contributed by atoms with Crippen LogP contribution in [0.2, 0.25) is 0 Å². The second kappa shape index (κ2) is 11.1. The van der Waals surface area contributed by atoms with Gasteiger partial charge in [-0.1, -0.05) is 50.6 Å². The first-order chi connectivity index (χ1) is 10.1. The van der Waals surface area contributed by atoms with Crippen molar-refractivity contribution in [3.8, 4) is 0 Å². The molecule has 0 radical (unpaired) electrons. The number of aliphatic imine (C=N–C) groups is 3. The highest BCUT2D eigenvalue weighted by Gasteiger charge is 2.07. The number of rotatable bonds is 8. The van der Waals surface area contributed by atoms with E-state index in [9.17, 15) is 0 Å². The fraction of sp³-hybridized carbons (Fsp3) is 0.118. The molecule has 0 aromatic carbocycles. The molecule has 0 saturated heterocycles. The zero-order valence-electron chi connectivity index (χ0n) is 12.7. The molecular weight excluding hydrogens is 260 g/mol. The van der Waals surface area contributed by atoms with E-state index < -0.39 is 0 Å². The molecule has 4 nitrogen and oxygen atoms in total. The zero-order chi connectivity index (χ0) is 16.1. The molecule has 110 valence electrons. The summed E-state index contributed by atoms with van der Waals surface area (Å²) in [5.41, 5.74) is 1.90. The first-order valence-electron chi connectivity index (χ1n) is 6.37. The number of amidine groups is 1. The van der Waals surface area contributed by atoms with Crippen molar-refractivity contribution in [3.63, 3.8) is 0 Å². The fourth-order valence-corrected chi connectivity index (χ4v) is 1.31. The molecule has 21 heavy (non-hydrogen) atoms. The second-order valence-electron chi connectivity index (χ2n) is 3.67. The molecule has 0 amide bonds. The lowest BCUT2D eigenvalue weighted by Gasteiger charge is -2.12. The third kappa shape index (κ3) is 6.82. The molecule has 0 aliphatic carbocycles. The van der Waals surface area contributed by atoms with Gasteiger partial charge in [-0.15, -0.1) is 0 Å². The summed E-state index contributed by atoms with van der Waals surface area (Å²) in [4.78, 5) is 12.6.